The molecule has 2 atom stereocenters. The molecule has 0 saturated carbocycles. The Kier molecular flexibility index (Phi) is 4.86. The van der Waals surface area contributed by atoms with Crippen LogP contribution in [0.5, 0.6) is 0 Å². The first-order chi connectivity index (χ1) is 8.76. The Balaban J connectivity index is 0.00000133. The van der Waals surface area contributed by atoms with Crippen molar-refractivity contribution in [3.8, 4) is 0 Å². The first-order valence-electron chi connectivity index (χ1n) is 5.82. The third kappa shape index (κ3) is 3.12. The first kappa shape index (κ1) is 14.8. The van der Waals surface area contributed by atoms with E-state index < -0.39 is 0 Å². The van der Waals surface area contributed by atoms with Crippen LogP contribution in [-0.4, -0.2) is 37.3 Å². The van der Waals surface area contributed by atoms with E-state index in [0.717, 1.165) is 33.5 Å². The van der Waals surface area contributed by atoms with E-state index in [4.69, 9.17) is 16.3 Å². The minimum atomic E-state index is 0. The van der Waals surface area contributed by atoms with Gasteiger partial charge in [0.2, 0.25) is 0 Å². The lowest BCUT2D eigenvalue weighted by atomic mass is 10.2. The van der Waals surface area contributed by atoms with E-state index in [0.29, 0.717) is 0 Å². The number of rotatable bonds is 3. The first-order valence-corrected chi connectivity index (χ1v) is 7.02. The van der Waals surface area contributed by atoms with Gasteiger partial charge in [0.05, 0.1) is 22.4 Å². The van der Waals surface area contributed by atoms with Crippen LogP contribution in [0.2, 0.25) is 5.02 Å². The molecule has 0 bridgehead atoms. The van der Waals surface area contributed by atoms with Gasteiger partial charge in [-0.2, -0.15) is 0 Å². The smallest absolute Gasteiger partial charge is 0.184 e. The fourth-order valence-corrected chi connectivity index (χ4v) is 3.37. The van der Waals surface area contributed by atoms with Gasteiger partial charge in [0.1, 0.15) is 0 Å². The molecule has 19 heavy (non-hydrogen) atoms. The summed E-state index contributed by atoms with van der Waals surface area (Å²) in [7, 11) is 1.74. The normalized spacial score (nSPS) is 22.4. The number of fused-ring (bicyclic) bond motifs is 1. The van der Waals surface area contributed by atoms with Crippen molar-refractivity contribution in [2.45, 2.75) is 12.1 Å². The van der Waals surface area contributed by atoms with E-state index >= 15 is 0 Å². The number of aromatic nitrogens is 1. The molecule has 2 N–H and O–H groups in total. The average molecular weight is 320 g/mol. The van der Waals surface area contributed by atoms with Crippen LogP contribution in [-0.2, 0) is 4.74 Å². The molecule has 104 valence electrons. The Morgan fingerprint density at radius 2 is 2.32 bits per heavy atom. The summed E-state index contributed by atoms with van der Waals surface area (Å²) in [4.78, 5) is 4.55. The lowest BCUT2D eigenvalue weighted by molar-refractivity contribution is 0.111. The molecule has 1 aromatic carbocycles. The van der Waals surface area contributed by atoms with E-state index in [9.17, 15) is 0 Å². The van der Waals surface area contributed by atoms with Crippen molar-refractivity contribution in [1.82, 2.24) is 10.3 Å². The molecule has 7 heteroatoms. The van der Waals surface area contributed by atoms with Gasteiger partial charge in [-0.05, 0) is 18.2 Å². The summed E-state index contributed by atoms with van der Waals surface area (Å²) in [6, 6.07) is 6.02. The molecule has 0 aliphatic carbocycles. The molecular weight excluding hydrogens is 305 g/mol. The fourth-order valence-electron chi connectivity index (χ4n) is 2.17. The maximum atomic E-state index is 5.97. The largest absolute Gasteiger partial charge is 0.378 e. The summed E-state index contributed by atoms with van der Waals surface area (Å²) >= 11 is 7.59. The SMILES string of the molecule is CO[C@H]1CNC[C@@H]1Nc1nc2ccc(Cl)cc2s1.Cl. The maximum Gasteiger partial charge on any atom is 0.184 e. The average Bonchev–Trinajstić information content (AvgIpc) is 2.94. The van der Waals surface area contributed by atoms with Gasteiger partial charge in [0, 0.05) is 25.2 Å². The maximum absolute atomic E-state index is 5.97. The lowest BCUT2D eigenvalue weighted by Gasteiger charge is -2.17. The van der Waals surface area contributed by atoms with Gasteiger partial charge < -0.3 is 15.4 Å². The predicted octanol–water partition coefficient (Wildman–Crippen LogP) is 2.77. The van der Waals surface area contributed by atoms with E-state index in [2.05, 4.69) is 15.6 Å². The number of halogens is 2. The van der Waals surface area contributed by atoms with E-state index in [1.807, 2.05) is 18.2 Å². The second-order valence-corrected chi connectivity index (χ2v) is 5.78. The van der Waals surface area contributed by atoms with Crippen molar-refractivity contribution >= 4 is 50.7 Å². The molecule has 1 aromatic heterocycles. The number of ether oxygens (including phenoxy) is 1. The fraction of sp³-hybridized carbons (Fsp3) is 0.417. The van der Waals surface area contributed by atoms with Crippen molar-refractivity contribution in [1.29, 1.82) is 0 Å². The number of nitrogens with zero attached hydrogens (tertiary/aromatic N) is 1. The van der Waals surface area contributed by atoms with Crippen LogP contribution in [0, 0.1) is 0 Å². The second kappa shape index (κ2) is 6.24. The Morgan fingerprint density at radius 3 is 3.11 bits per heavy atom. The summed E-state index contributed by atoms with van der Waals surface area (Å²) < 4.78 is 6.52. The van der Waals surface area contributed by atoms with E-state index in [1.54, 1.807) is 18.4 Å². The predicted molar refractivity (Wildman–Crippen MR) is 83.0 cm³/mol. The molecule has 0 radical (unpaired) electrons. The zero-order valence-electron chi connectivity index (χ0n) is 10.4. The standard InChI is InChI=1S/C12H14ClN3OS.ClH/c1-17-10-6-14-5-9(10)16-12-15-8-3-2-7(13)4-11(8)18-12;/h2-4,9-10,14H,5-6H2,1H3,(H,15,16);1H/t9-,10-;/m0./s1. The summed E-state index contributed by atoms with van der Waals surface area (Å²) in [5, 5.41) is 8.40. The molecule has 1 aliphatic heterocycles. The number of methoxy groups -OCH3 is 1. The van der Waals surface area contributed by atoms with Gasteiger partial charge >= 0.3 is 0 Å². The minimum absolute atomic E-state index is 0. The van der Waals surface area contributed by atoms with Crippen LogP contribution in [0.15, 0.2) is 18.2 Å². The zero-order valence-corrected chi connectivity index (χ0v) is 12.7. The summed E-state index contributed by atoms with van der Waals surface area (Å²) in [6.07, 6.45) is 0.195. The number of nitrogens with one attached hydrogen (secondary N) is 2. The van der Waals surface area contributed by atoms with Gasteiger partial charge in [0.25, 0.3) is 0 Å². The molecule has 1 aliphatic rings. The third-order valence-corrected chi connectivity index (χ3v) is 4.31. The number of hydrogen-bond acceptors (Lipinski definition) is 5. The highest BCUT2D eigenvalue weighted by Crippen LogP contribution is 2.29. The number of hydrogen-bond donors (Lipinski definition) is 2. The highest BCUT2D eigenvalue weighted by molar-refractivity contribution is 7.22. The topological polar surface area (TPSA) is 46.2 Å². The van der Waals surface area contributed by atoms with Gasteiger partial charge in [-0.1, -0.05) is 22.9 Å². The Labute approximate surface area is 126 Å². The zero-order chi connectivity index (χ0) is 12.5. The van der Waals surface area contributed by atoms with E-state index in [1.165, 1.54) is 0 Å². The summed E-state index contributed by atoms with van der Waals surface area (Å²) in [6.45, 7) is 1.78. The van der Waals surface area contributed by atoms with Crippen LogP contribution in [0.1, 0.15) is 0 Å². The quantitative estimate of drug-likeness (QED) is 0.913. The highest BCUT2D eigenvalue weighted by Gasteiger charge is 2.27. The van der Waals surface area contributed by atoms with Crippen molar-refractivity contribution in [3.05, 3.63) is 23.2 Å². The van der Waals surface area contributed by atoms with Crippen LogP contribution >= 0.6 is 35.3 Å². The molecule has 0 unspecified atom stereocenters. The van der Waals surface area contributed by atoms with E-state index in [-0.39, 0.29) is 24.6 Å². The second-order valence-electron chi connectivity index (χ2n) is 4.31. The van der Waals surface area contributed by atoms with Crippen molar-refractivity contribution in [2.75, 3.05) is 25.5 Å². The van der Waals surface area contributed by atoms with Gasteiger partial charge in [-0.3, -0.25) is 0 Å². The Bertz CT molecular complexity index is 563. The summed E-state index contributed by atoms with van der Waals surface area (Å²) in [5.41, 5.74) is 0.979. The Morgan fingerprint density at radius 1 is 1.47 bits per heavy atom. The van der Waals surface area contributed by atoms with Gasteiger partial charge in [-0.15, -0.1) is 12.4 Å². The molecule has 2 heterocycles. The van der Waals surface area contributed by atoms with Crippen LogP contribution in [0.25, 0.3) is 10.2 Å². The van der Waals surface area contributed by atoms with Crippen LogP contribution in [0.4, 0.5) is 5.13 Å². The van der Waals surface area contributed by atoms with Crippen molar-refractivity contribution in [2.24, 2.45) is 0 Å². The van der Waals surface area contributed by atoms with Crippen molar-refractivity contribution < 1.29 is 4.74 Å². The Hall–Kier alpha value is -0.590. The molecule has 2 aromatic rings. The minimum Gasteiger partial charge on any atom is -0.378 e. The summed E-state index contributed by atoms with van der Waals surface area (Å²) in [5.74, 6) is 0. The van der Waals surface area contributed by atoms with Gasteiger partial charge in [-0.25, -0.2) is 4.98 Å². The number of thiazole rings is 1. The highest BCUT2D eigenvalue weighted by atomic mass is 35.5. The lowest BCUT2D eigenvalue weighted by Crippen LogP contribution is -2.33. The van der Waals surface area contributed by atoms with Gasteiger partial charge in [0.15, 0.2) is 5.13 Å². The van der Waals surface area contributed by atoms with Crippen LogP contribution < -0.4 is 10.6 Å². The number of anilines is 1. The third-order valence-electron chi connectivity index (χ3n) is 3.12. The molecular formula is C12H15Cl2N3OS. The molecule has 1 saturated heterocycles. The molecule has 1 fully saturated rings. The molecule has 0 amide bonds. The number of benzene rings is 1. The van der Waals surface area contributed by atoms with Crippen LogP contribution in [0.3, 0.4) is 0 Å². The van der Waals surface area contributed by atoms with Crippen molar-refractivity contribution in [3.63, 3.8) is 0 Å². The molecule has 3 rings (SSSR count). The molecule has 0 spiro atoms. The molecule has 4 nitrogen and oxygen atoms in total. The monoisotopic (exact) mass is 319 g/mol.